The van der Waals surface area contributed by atoms with Crippen molar-refractivity contribution in [1.82, 2.24) is 10.2 Å². The maximum Gasteiger partial charge on any atom is 0.490 e. The summed E-state index contributed by atoms with van der Waals surface area (Å²) >= 11 is 0. The predicted molar refractivity (Wildman–Crippen MR) is 129 cm³/mol. The molecule has 20 heteroatoms. The Balaban J connectivity index is 0.000000548. The summed E-state index contributed by atoms with van der Waals surface area (Å²) in [6.07, 6.45) is -13.7. The molecule has 1 amide bonds. The van der Waals surface area contributed by atoms with Gasteiger partial charge in [0.25, 0.3) is 0 Å². The highest BCUT2D eigenvalue weighted by atomic mass is 19.4. The summed E-state index contributed by atoms with van der Waals surface area (Å²) in [6.45, 7) is 3.09. The number of likely N-dealkylation sites (tertiary alicyclic amines) is 1. The van der Waals surface area contributed by atoms with Crippen LogP contribution in [-0.4, -0.2) is 102 Å². The number of rotatable bonds is 5. The Hall–Kier alpha value is -3.81. The number of benzene rings is 1. The molecule has 0 spiro atoms. The average Bonchev–Trinajstić information content (AvgIpc) is 2.88. The number of hydrogen-bond donors (Lipinski definition) is 5. The van der Waals surface area contributed by atoms with Crippen LogP contribution >= 0.6 is 0 Å². The molecule has 2 aliphatic rings. The zero-order chi connectivity index (χ0) is 33.2. The van der Waals surface area contributed by atoms with E-state index in [9.17, 15) is 49.1 Å². The van der Waals surface area contributed by atoms with Gasteiger partial charge >= 0.3 is 36.4 Å². The predicted octanol–water partition coefficient (Wildman–Crippen LogP) is 3.12. The van der Waals surface area contributed by atoms with E-state index >= 15 is 0 Å². The number of aliphatic carboxylic acids is 3. The topological polar surface area (TPSA) is 160 Å². The van der Waals surface area contributed by atoms with Crippen molar-refractivity contribution < 1.29 is 74.0 Å². The van der Waals surface area contributed by atoms with E-state index in [-0.39, 0.29) is 29.7 Å². The second-order valence-electron chi connectivity index (χ2n) is 9.01. The minimum Gasteiger partial charge on any atom is -0.480 e. The molecular formula is C23H27F9N4O7. The van der Waals surface area contributed by atoms with Gasteiger partial charge in [0.2, 0.25) is 5.91 Å². The van der Waals surface area contributed by atoms with Gasteiger partial charge in [-0.1, -0.05) is 0 Å². The number of piperazine rings is 1. The smallest absolute Gasteiger partial charge is 0.480 e. The van der Waals surface area contributed by atoms with Crippen molar-refractivity contribution in [2.75, 3.05) is 56.0 Å². The maximum atomic E-state index is 13.6. The molecule has 0 bridgehead atoms. The number of halogens is 9. The summed E-state index contributed by atoms with van der Waals surface area (Å²) in [4.78, 5) is 44.5. The Labute approximate surface area is 237 Å². The van der Waals surface area contributed by atoms with Gasteiger partial charge in [-0.15, -0.1) is 0 Å². The van der Waals surface area contributed by atoms with Crippen LogP contribution in [0.4, 0.5) is 50.9 Å². The number of nitrogens with zero attached hydrogens (tertiary/aromatic N) is 2. The lowest BCUT2D eigenvalue weighted by molar-refractivity contribution is -0.193. The SMILES string of the molecule is O=C(O)C(F)(F)F.O=C(O)C(F)(F)F.O=C(O)CN1CCC(C(=O)Nc2ccc(N3CCNCC3)c(C(F)(F)F)c2)CC1. The second kappa shape index (κ2) is 15.6. The standard InChI is InChI=1S/C19H25F3N4O3.2C2HF3O2/c20-19(21,22)15-11-14(1-2-16(15)26-9-5-23-6-10-26)24-18(29)13-3-7-25(8-4-13)12-17(27)28;2*3-2(4,5)1(6)7/h1-2,11,13,23H,3-10,12H2,(H,24,29)(H,27,28);2*(H,6,7). The number of nitrogens with one attached hydrogen (secondary N) is 2. The molecule has 2 heterocycles. The third kappa shape index (κ3) is 13.4. The van der Waals surface area contributed by atoms with Gasteiger partial charge in [-0.3, -0.25) is 14.5 Å². The van der Waals surface area contributed by atoms with Crippen molar-refractivity contribution in [1.29, 1.82) is 0 Å². The quantitative estimate of drug-likeness (QED) is 0.302. The first kappa shape index (κ1) is 37.2. The zero-order valence-electron chi connectivity index (χ0n) is 21.9. The Morgan fingerprint density at radius 2 is 1.28 bits per heavy atom. The fourth-order valence-corrected chi connectivity index (χ4v) is 3.81. The molecule has 2 fully saturated rings. The molecule has 0 atom stereocenters. The number of carboxylic acid groups (broad SMARTS) is 3. The highest BCUT2D eigenvalue weighted by molar-refractivity contribution is 5.93. The van der Waals surface area contributed by atoms with Crippen LogP contribution < -0.4 is 15.5 Å². The maximum absolute atomic E-state index is 13.6. The normalized spacial score (nSPS) is 16.6. The Morgan fingerprint density at radius 3 is 1.67 bits per heavy atom. The van der Waals surface area contributed by atoms with Gasteiger partial charge in [0, 0.05) is 43.5 Å². The summed E-state index contributed by atoms with van der Waals surface area (Å²) in [6, 6.07) is 3.91. The summed E-state index contributed by atoms with van der Waals surface area (Å²) in [5.74, 6) is -7.11. The molecule has 0 aliphatic carbocycles. The van der Waals surface area contributed by atoms with Crippen molar-refractivity contribution in [2.45, 2.75) is 31.4 Å². The zero-order valence-corrected chi connectivity index (χ0v) is 21.9. The van der Waals surface area contributed by atoms with Crippen LogP contribution in [0.2, 0.25) is 0 Å². The van der Waals surface area contributed by atoms with Crippen molar-refractivity contribution in [3.05, 3.63) is 23.8 Å². The van der Waals surface area contributed by atoms with Crippen molar-refractivity contribution in [3.63, 3.8) is 0 Å². The molecule has 0 radical (unpaired) electrons. The molecule has 1 aromatic rings. The highest BCUT2D eigenvalue weighted by Gasteiger charge is 2.39. The molecule has 2 aliphatic heterocycles. The van der Waals surface area contributed by atoms with E-state index < -0.39 is 42.0 Å². The van der Waals surface area contributed by atoms with Gasteiger partial charge < -0.3 is 30.9 Å². The van der Waals surface area contributed by atoms with Gasteiger partial charge in [-0.05, 0) is 44.1 Å². The Morgan fingerprint density at radius 1 is 0.814 bits per heavy atom. The minimum atomic E-state index is -5.08. The lowest BCUT2D eigenvalue weighted by atomic mass is 9.95. The molecule has 5 N–H and O–H groups in total. The third-order valence-corrected chi connectivity index (χ3v) is 5.83. The molecule has 43 heavy (non-hydrogen) atoms. The molecule has 2 saturated heterocycles. The van der Waals surface area contributed by atoms with Gasteiger partial charge in [-0.25, -0.2) is 9.59 Å². The van der Waals surface area contributed by atoms with Crippen LogP contribution in [0.25, 0.3) is 0 Å². The van der Waals surface area contributed by atoms with Crippen LogP contribution in [0.15, 0.2) is 18.2 Å². The van der Waals surface area contributed by atoms with E-state index in [0.29, 0.717) is 52.1 Å². The van der Waals surface area contributed by atoms with E-state index in [2.05, 4.69) is 10.6 Å². The first-order valence-electron chi connectivity index (χ1n) is 12.1. The molecule has 244 valence electrons. The van der Waals surface area contributed by atoms with E-state index in [1.807, 2.05) is 0 Å². The molecule has 3 rings (SSSR count). The number of carbonyl (C=O) groups excluding carboxylic acids is 1. The van der Waals surface area contributed by atoms with Crippen LogP contribution in [0.3, 0.4) is 0 Å². The van der Waals surface area contributed by atoms with E-state index in [0.717, 1.165) is 6.07 Å². The number of alkyl halides is 9. The Bertz CT molecular complexity index is 1090. The fourth-order valence-electron chi connectivity index (χ4n) is 3.81. The van der Waals surface area contributed by atoms with Crippen LogP contribution in [0, 0.1) is 5.92 Å². The molecule has 11 nitrogen and oxygen atoms in total. The van der Waals surface area contributed by atoms with Crippen LogP contribution in [0.5, 0.6) is 0 Å². The summed E-state index contributed by atoms with van der Waals surface area (Å²) in [5, 5.41) is 28.8. The van der Waals surface area contributed by atoms with Crippen molar-refractivity contribution >= 4 is 35.2 Å². The average molecular weight is 642 g/mol. The molecular weight excluding hydrogens is 615 g/mol. The van der Waals surface area contributed by atoms with E-state index in [1.54, 1.807) is 9.80 Å². The minimum absolute atomic E-state index is 0.0727. The lowest BCUT2D eigenvalue weighted by Gasteiger charge is -2.32. The lowest BCUT2D eigenvalue weighted by Crippen LogP contribution is -2.44. The highest BCUT2D eigenvalue weighted by Crippen LogP contribution is 2.38. The van der Waals surface area contributed by atoms with Crippen molar-refractivity contribution in [2.24, 2.45) is 5.92 Å². The molecule has 0 unspecified atom stereocenters. The third-order valence-electron chi connectivity index (χ3n) is 5.83. The summed E-state index contributed by atoms with van der Waals surface area (Å²) in [7, 11) is 0. The molecule has 0 aromatic heterocycles. The first-order valence-corrected chi connectivity index (χ1v) is 12.1. The summed E-state index contributed by atoms with van der Waals surface area (Å²) in [5.41, 5.74) is -0.512. The summed E-state index contributed by atoms with van der Waals surface area (Å²) < 4.78 is 104. The van der Waals surface area contributed by atoms with Gasteiger partial charge in [0.15, 0.2) is 0 Å². The number of piperidine rings is 1. The second-order valence-corrected chi connectivity index (χ2v) is 9.01. The van der Waals surface area contributed by atoms with Crippen LogP contribution in [0.1, 0.15) is 18.4 Å². The van der Waals surface area contributed by atoms with Gasteiger partial charge in [0.1, 0.15) is 0 Å². The largest absolute Gasteiger partial charge is 0.490 e. The van der Waals surface area contributed by atoms with Crippen molar-refractivity contribution in [3.8, 4) is 0 Å². The fraction of sp³-hybridized carbons (Fsp3) is 0.565. The number of carbonyl (C=O) groups is 4. The molecule has 1 aromatic carbocycles. The van der Waals surface area contributed by atoms with Crippen LogP contribution in [-0.2, 0) is 25.4 Å². The number of carboxylic acids is 3. The number of anilines is 2. The molecule has 0 saturated carbocycles. The van der Waals surface area contributed by atoms with E-state index in [4.69, 9.17) is 24.9 Å². The monoisotopic (exact) mass is 642 g/mol. The first-order chi connectivity index (χ1) is 19.6. The number of hydrogen-bond acceptors (Lipinski definition) is 7. The van der Waals surface area contributed by atoms with Gasteiger partial charge in [0.05, 0.1) is 12.1 Å². The Kier molecular flexibility index (Phi) is 13.5. The van der Waals surface area contributed by atoms with Gasteiger partial charge in [-0.2, -0.15) is 39.5 Å². The number of amides is 1. The van der Waals surface area contributed by atoms with E-state index in [1.165, 1.54) is 12.1 Å².